The summed E-state index contributed by atoms with van der Waals surface area (Å²) in [6.45, 7) is 1.93. The third kappa shape index (κ3) is 7.36. The van der Waals surface area contributed by atoms with E-state index in [4.69, 9.17) is 9.15 Å². The van der Waals surface area contributed by atoms with E-state index in [9.17, 15) is 14.4 Å². The molecule has 0 radical (unpaired) electrons. The van der Waals surface area contributed by atoms with Crippen LogP contribution in [0.2, 0.25) is 0 Å². The lowest BCUT2D eigenvalue weighted by atomic mass is 10.2. The summed E-state index contributed by atoms with van der Waals surface area (Å²) >= 11 is 0. The highest BCUT2D eigenvalue weighted by molar-refractivity contribution is 5.92. The third-order valence-corrected chi connectivity index (χ3v) is 4.88. The highest BCUT2D eigenvalue weighted by Gasteiger charge is 2.16. The molecule has 1 aliphatic rings. The predicted molar refractivity (Wildman–Crippen MR) is 113 cm³/mol. The number of carbonyl (C=O) groups excluding carboxylic acids is 3. The molecule has 0 spiro atoms. The summed E-state index contributed by atoms with van der Waals surface area (Å²) in [6, 6.07) is 11.8. The van der Waals surface area contributed by atoms with Gasteiger partial charge in [0.2, 0.25) is 5.91 Å². The summed E-state index contributed by atoms with van der Waals surface area (Å²) < 4.78 is 11.0. The second-order valence-electron chi connectivity index (χ2n) is 7.25. The molecule has 1 aliphatic heterocycles. The van der Waals surface area contributed by atoms with Crippen molar-refractivity contribution in [1.29, 1.82) is 0 Å². The van der Waals surface area contributed by atoms with Gasteiger partial charge < -0.3 is 19.4 Å². The predicted octanol–water partition coefficient (Wildman–Crippen LogP) is 2.60. The molecule has 31 heavy (non-hydrogen) atoms. The minimum Gasteiger partial charge on any atom is -0.486 e. The van der Waals surface area contributed by atoms with Gasteiger partial charge in [0, 0.05) is 26.1 Å². The molecule has 166 valence electrons. The summed E-state index contributed by atoms with van der Waals surface area (Å²) in [4.78, 5) is 38.0. The zero-order valence-corrected chi connectivity index (χ0v) is 17.4. The van der Waals surface area contributed by atoms with Gasteiger partial charge in [0.15, 0.2) is 5.76 Å². The highest BCUT2D eigenvalue weighted by Crippen LogP contribution is 2.14. The number of carbonyl (C=O) groups is 3. The van der Waals surface area contributed by atoms with E-state index in [1.165, 1.54) is 6.07 Å². The van der Waals surface area contributed by atoms with E-state index in [1.54, 1.807) is 6.07 Å². The van der Waals surface area contributed by atoms with Crippen molar-refractivity contribution in [2.45, 2.75) is 38.7 Å². The molecule has 0 bridgehead atoms. The summed E-state index contributed by atoms with van der Waals surface area (Å²) in [5.41, 5.74) is 4.51. The summed E-state index contributed by atoms with van der Waals surface area (Å²) in [5.74, 6) is 0.653. The number of furan rings is 1. The van der Waals surface area contributed by atoms with E-state index in [0.717, 1.165) is 38.8 Å². The van der Waals surface area contributed by atoms with Gasteiger partial charge in [-0.05, 0) is 37.1 Å². The number of rotatable bonds is 7. The van der Waals surface area contributed by atoms with E-state index >= 15 is 0 Å². The maximum atomic E-state index is 12.2. The van der Waals surface area contributed by atoms with Crippen LogP contribution >= 0.6 is 0 Å². The minimum atomic E-state index is -0.601. The van der Waals surface area contributed by atoms with Crippen LogP contribution in [0.15, 0.2) is 46.9 Å². The fourth-order valence-corrected chi connectivity index (χ4v) is 3.23. The van der Waals surface area contributed by atoms with Crippen LogP contribution < -0.4 is 20.9 Å². The molecule has 0 aliphatic carbocycles. The molecule has 9 nitrogen and oxygen atoms in total. The van der Waals surface area contributed by atoms with Gasteiger partial charge in [-0.2, -0.15) is 0 Å². The van der Waals surface area contributed by atoms with Crippen molar-refractivity contribution in [1.82, 2.24) is 21.1 Å². The number of nitrogens with one attached hydrogen (secondary N) is 3. The van der Waals surface area contributed by atoms with Crippen molar-refractivity contribution in [3.63, 3.8) is 0 Å². The number of urea groups is 1. The number of nitrogens with zero attached hydrogens (tertiary/aromatic N) is 1. The molecule has 2 heterocycles. The first kappa shape index (κ1) is 22.2. The molecule has 4 amide bonds. The SMILES string of the molecule is O=C(NCCC(=O)N1CCCCCC1)NNC(=O)c1ccc(COc2ccccc2)o1. The van der Waals surface area contributed by atoms with Crippen molar-refractivity contribution >= 4 is 17.8 Å². The van der Waals surface area contributed by atoms with E-state index < -0.39 is 11.9 Å². The van der Waals surface area contributed by atoms with Crippen LogP contribution in [-0.2, 0) is 11.4 Å². The molecule has 1 aromatic carbocycles. The van der Waals surface area contributed by atoms with Crippen LogP contribution in [-0.4, -0.2) is 42.4 Å². The molecule has 1 aromatic heterocycles. The minimum absolute atomic E-state index is 0.0343. The number of hydrazine groups is 1. The zero-order valence-electron chi connectivity index (χ0n) is 17.4. The molecule has 0 saturated carbocycles. The van der Waals surface area contributed by atoms with Gasteiger partial charge in [-0.3, -0.25) is 15.0 Å². The van der Waals surface area contributed by atoms with Crippen molar-refractivity contribution in [2.75, 3.05) is 19.6 Å². The lowest BCUT2D eigenvalue weighted by molar-refractivity contribution is -0.131. The molecule has 1 fully saturated rings. The van der Waals surface area contributed by atoms with Crippen LogP contribution in [0.25, 0.3) is 0 Å². The van der Waals surface area contributed by atoms with Gasteiger partial charge in [0.25, 0.3) is 0 Å². The first-order chi connectivity index (χ1) is 15.1. The van der Waals surface area contributed by atoms with Crippen LogP contribution in [0.1, 0.15) is 48.4 Å². The lowest BCUT2D eigenvalue weighted by Crippen LogP contribution is -2.47. The van der Waals surface area contributed by atoms with Crippen molar-refractivity contribution in [2.24, 2.45) is 0 Å². The Bertz CT molecular complexity index is 860. The summed E-state index contributed by atoms with van der Waals surface area (Å²) in [6.07, 6.45) is 4.59. The first-order valence-electron chi connectivity index (χ1n) is 10.5. The van der Waals surface area contributed by atoms with E-state index in [1.807, 2.05) is 35.2 Å². The maximum absolute atomic E-state index is 12.2. The third-order valence-electron chi connectivity index (χ3n) is 4.88. The van der Waals surface area contributed by atoms with Gasteiger partial charge in [-0.1, -0.05) is 31.0 Å². The number of ether oxygens (including phenoxy) is 1. The molecule has 3 rings (SSSR count). The standard InChI is InChI=1S/C22H28N4O5/c27-20(26-14-6-1-2-7-15-26)12-13-23-22(29)25-24-21(28)19-11-10-18(31-19)16-30-17-8-4-3-5-9-17/h3-5,8-11H,1-2,6-7,12-16H2,(H,24,28)(H2,23,25,29). The number of benzene rings is 1. The van der Waals surface area contributed by atoms with E-state index in [0.29, 0.717) is 11.5 Å². The fraction of sp³-hybridized carbons (Fsp3) is 0.409. The Morgan fingerprint density at radius 1 is 0.935 bits per heavy atom. The van der Waals surface area contributed by atoms with Gasteiger partial charge in [-0.15, -0.1) is 0 Å². The molecule has 0 unspecified atom stereocenters. The lowest BCUT2D eigenvalue weighted by Gasteiger charge is -2.20. The number of hydrogen-bond donors (Lipinski definition) is 3. The Morgan fingerprint density at radius 3 is 2.42 bits per heavy atom. The number of hydrogen-bond acceptors (Lipinski definition) is 5. The van der Waals surface area contributed by atoms with Crippen LogP contribution in [0.5, 0.6) is 5.75 Å². The number of para-hydroxylation sites is 1. The highest BCUT2D eigenvalue weighted by atomic mass is 16.5. The fourth-order valence-electron chi connectivity index (χ4n) is 3.23. The van der Waals surface area contributed by atoms with Gasteiger partial charge in [0.05, 0.1) is 0 Å². The summed E-state index contributed by atoms with van der Waals surface area (Å²) in [7, 11) is 0. The van der Waals surface area contributed by atoms with E-state index in [-0.39, 0.29) is 31.2 Å². The Hall–Kier alpha value is -3.49. The van der Waals surface area contributed by atoms with Crippen molar-refractivity contribution in [3.8, 4) is 5.75 Å². The van der Waals surface area contributed by atoms with Crippen LogP contribution in [0, 0.1) is 0 Å². The zero-order chi connectivity index (χ0) is 21.9. The monoisotopic (exact) mass is 428 g/mol. The second-order valence-corrected chi connectivity index (χ2v) is 7.25. The van der Waals surface area contributed by atoms with Gasteiger partial charge in [0.1, 0.15) is 18.1 Å². The topological polar surface area (TPSA) is 113 Å². The molecule has 1 saturated heterocycles. The molecule has 2 aromatic rings. The molecule has 0 atom stereocenters. The molecular formula is C22H28N4O5. The second kappa shape index (κ2) is 11.6. The summed E-state index contributed by atoms with van der Waals surface area (Å²) in [5, 5.41) is 2.56. The molecule has 9 heteroatoms. The Labute approximate surface area is 181 Å². The largest absolute Gasteiger partial charge is 0.486 e. The quantitative estimate of drug-likeness (QED) is 0.587. The average molecular weight is 428 g/mol. The van der Waals surface area contributed by atoms with Gasteiger partial charge >= 0.3 is 11.9 Å². The van der Waals surface area contributed by atoms with Crippen molar-refractivity contribution < 1.29 is 23.5 Å². The normalized spacial score (nSPS) is 13.7. The Kier molecular flexibility index (Phi) is 8.33. The van der Waals surface area contributed by atoms with Crippen molar-refractivity contribution in [3.05, 3.63) is 54.0 Å². The number of amides is 4. The Morgan fingerprint density at radius 2 is 1.68 bits per heavy atom. The molecule has 3 N–H and O–H groups in total. The first-order valence-corrected chi connectivity index (χ1v) is 10.5. The molecular weight excluding hydrogens is 400 g/mol. The maximum Gasteiger partial charge on any atom is 0.333 e. The number of likely N-dealkylation sites (tertiary alicyclic amines) is 1. The van der Waals surface area contributed by atoms with Gasteiger partial charge in [-0.25, -0.2) is 10.2 Å². The Balaban J connectivity index is 1.33. The smallest absolute Gasteiger partial charge is 0.333 e. The van der Waals surface area contributed by atoms with Crippen LogP contribution in [0.3, 0.4) is 0 Å². The van der Waals surface area contributed by atoms with E-state index in [2.05, 4.69) is 16.2 Å². The average Bonchev–Trinajstić information content (AvgIpc) is 3.10. The van der Waals surface area contributed by atoms with Crippen LogP contribution in [0.4, 0.5) is 4.79 Å².